The van der Waals surface area contributed by atoms with Crippen molar-refractivity contribution >= 4 is 14.3 Å². The fourth-order valence-corrected chi connectivity index (χ4v) is 9.65. The van der Waals surface area contributed by atoms with E-state index in [-0.39, 0.29) is 35.8 Å². The average Bonchev–Trinajstić information content (AvgIpc) is 3.62. The van der Waals surface area contributed by atoms with Crippen LogP contribution >= 0.6 is 0 Å². The number of allylic oxidation sites excluding steroid dienone is 1. The number of fused-ring (bicyclic) bond motifs is 1. The van der Waals surface area contributed by atoms with Crippen LogP contribution in [-0.2, 0) is 32.9 Å². The summed E-state index contributed by atoms with van der Waals surface area (Å²) in [6.07, 6.45) is 25.9. The van der Waals surface area contributed by atoms with Gasteiger partial charge in [-0.05, 0) is 119 Å². The Labute approximate surface area is 299 Å². The van der Waals surface area contributed by atoms with Gasteiger partial charge in [0.25, 0.3) is 0 Å². The minimum atomic E-state index is -1.89. The second kappa shape index (κ2) is 18.6. The molecular weight excluding hydrogens is 633 g/mol. The van der Waals surface area contributed by atoms with E-state index in [9.17, 15) is 4.79 Å². The van der Waals surface area contributed by atoms with Crippen LogP contribution in [0.1, 0.15) is 130 Å². The van der Waals surface area contributed by atoms with Gasteiger partial charge in [-0.3, -0.25) is 4.79 Å². The maximum atomic E-state index is 11.4. The standard InChI is InChI=1S/C41H70O7Si/c1-30(42)43-23-13-10-18-32(29-46-49(5,6)41(2,3)4)33-26-34-28-38(48-40-20-12-15-25-45-40)35(36(34)27-33)21-22-37(31-16-8-7-9-17-31)47-39-19-11-14-24-44-39/h21-22,26,31-32,34-40H,7-20,23-25,27-29H2,1-6H3. The number of esters is 1. The molecule has 5 rings (SSSR count). The van der Waals surface area contributed by atoms with E-state index in [1.165, 1.54) is 51.9 Å². The van der Waals surface area contributed by atoms with Gasteiger partial charge < -0.3 is 28.1 Å². The third-order valence-electron chi connectivity index (χ3n) is 12.7. The molecule has 0 N–H and O–H groups in total. The first-order valence-corrected chi connectivity index (χ1v) is 23.1. The van der Waals surface area contributed by atoms with Gasteiger partial charge in [0.05, 0.1) is 18.8 Å². The first kappa shape index (κ1) is 39.2. The Morgan fingerprint density at radius 3 is 2.31 bits per heavy atom. The number of unbranched alkanes of at least 4 members (excludes halogenated alkanes) is 1. The molecule has 8 heteroatoms. The third-order valence-corrected chi connectivity index (χ3v) is 17.2. The summed E-state index contributed by atoms with van der Waals surface area (Å²) in [5.41, 5.74) is 1.57. The number of rotatable bonds is 16. The van der Waals surface area contributed by atoms with Crippen LogP contribution in [0.2, 0.25) is 18.1 Å². The predicted molar refractivity (Wildman–Crippen MR) is 198 cm³/mol. The van der Waals surface area contributed by atoms with Gasteiger partial charge >= 0.3 is 5.97 Å². The Balaban J connectivity index is 1.32. The summed E-state index contributed by atoms with van der Waals surface area (Å²) < 4.78 is 38.0. The minimum Gasteiger partial charge on any atom is -0.466 e. The number of ether oxygens (including phenoxy) is 5. The molecule has 49 heavy (non-hydrogen) atoms. The van der Waals surface area contributed by atoms with E-state index < -0.39 is 8.32 Å². The normalized spacial score (nSPS) is 31.4. The van der Waals surface area contributed by atoms with E-state index in [1.807, 2.05) is 0 Å². The molecule has 280 valence electrons. The van der Waals surface area contributed by atoms with Crippen LogP contribution in [0.3, 0.4) is 0 Å². The van der Waals surface area contributed by atoms with Gasteiger partial charge in [0.1, 0.15) is 0 Å². The Kier molecular flexibility index (Phi) is 14.9. The highest BCUT2D eigenvalue weighted by atomic mass is 28.4. The molecule has 0 aromatic rings. The van der Waals surface area contributed by atoms with E-state index in [0.717, 1.165) is 77.6 Å². The Morgan fingerprint density at radius 1 is 0.959 bits per heavy atom. The molecule has 0 aromatic heterocycles. The molecule has 2 heterocycles. The predicted octanol–water partition coefficient (Wildman–Crippen LogP) is 9.90. The second-order valence-electron chi connectivity index (χ2n) is 17.3. The SMILES string of the molecule is CC(=O)OCCCCC(CO[Si](C)(C)C(C)(C)C)C1=CC2CC(OC3CCCCO3)C(C=CC(OC3CCCCO3)C3CCCCC3)C2C1. The van der Waals surface area contributed by atoms with Gasteiger partial charge in [-0.15, -0.1) is 0 Å². The van der Waals surface area contributed by atoms with Gasteiger partial charge in [-0.1, -0.05) is 63.8 Å². The van der Waals surface area contributed by atoms with E-state index in [1.54, 1.807) is 5.57 Å². The smallest absolute Gasteiger partial charge is 0.302 e. The molecule has 0 aromatic carbocycles. The zero-order chi connectivity index (χ0) is 34.9. The fourth-order valence-electron chi connectivity index (χ4n) is 8.60. The zero-order valence-corrected chi connectivity index (χ0v) is 32.9. The van der Waals surface area contributed by atoms with Crippen molar-refractivity contribution in [3.05, 3.63) is 23.8 Å². The summed E-state index contributed by atoms with van der Waals surface area (Å²) in [7, 11) is -1.89. The Bertz CT molecular complexity index is 1060. The topological polar surface area (TPSA) is 72.5 Å². The highest BCUT2D eigenvalue weighted by Gasteiger charge is 2.47. The van der Waals surface area contributed by atoms with Crippen LogP contribution in [0, 0.1) is 29.6 Å². The van der Waals surface area contributed by atoms with Crippen molar-refractivity contribution in [1.82, 2.24) is 0 Å². The average molecular weight is 703 g/mol. The van der Waals surface area contributed by atoms with Crippen molar-refractivity contribution < 1.29 is 32.9 Å². The summed E-state index contributed by atoms with van der Waals surface area (Å²) in [4.78, 5) is 11.4. The van der Waals surface area contributed by atoms with E-state index in [0.29, 0.717) is 36.2 Å². The summed E-state index contributed by atoms with van der Waals surface area (Å²) in [5.74, 6) is 2.12. The lowest BCUT2D eigenvalue weighted by atomic mass is 9.83. The Hall–Kier alpha value is -1.03. The molecule has 2 saturated carbocycles. The molecule has 5 aliphatic rings. The van der Waals surface area contributed by atoms with Crippen LogP contribution < -0.4 is 0 Å². The lowest BCUT2D eigenvalue weighted by molar-refractivity contribution is -0.193. The first-order chi connectivity index (χ1) is 23.5. The first-order valence-electron chi connectivity index (χ1n) is 20.2. The molecule has 0 spiro atoms. The largest absolute Gasteiger partial charge is 0.466 e. The van der Waals surface area contributed by atoms with Crippen molar-refractivity contribution in [2.45, 2.75) is 173 Å². The van der Waals surface area contributed by atoms with Gasteiger partial charge in [0.15, 0.2) is 20.9 Å². The quantitative estimate of drug-likeness (QED) is 0.0686. The highest BCUT2D eigenvalue weighted by molar-refractivity contribution is 6.74. The number of carbonyl (C=O) groups excluding carboxylic acids is 1. The summed E-state index contributed by atoms with van der Waals surface area (Å²) in [5, 5.41) is 0.175. The monoisotopic (exact) mass is 702 g/mol. The zero-order valence-electron chi connectivity index (χ0n) is 31.9. The minimum absolute atomic E-state index is 0.0772. The molecule has 0 bridgehead atoms. The van der Waals surface area contributed by atoms with Gasteiger partial charge in [0, 0.05) is 38.6 Å². The van der Waals surface area contributed by atoms with Gasteiger partial charge in [-0.2, -0.15) is 0 Å². The number of hydrogen-bond donors (Lipinski definition) is 0. The molecule has 8 unspecified atom stereocenters. The maximum Gasteiger partial charge on any atom is 0.302 e. The number of carbonyl (C=O) groups is 1. The van der Waals surface area contributed by atoms with E-state index in [4.69, 9.17) is 28.1 Å². The van der Waals surface area contributed by atoms with Gasteiger partial charge in [0.2, 0.25) is 0 Å². The molecule has 4 fully saturated rings. The van der Waals surface area contributed by atoms with Crippen molar-refractivity contribution in [2.75, 3.05) is 26.4 Å². The van der Waals surface area contributed by atoms with Crippen molar-refractivity contribution in [3.63, 3.8) is 0 Å². The third kappa shape index (κ3) is 11.5. The van der Waals surface area contributed by atoms with Crippen LogP contribution in [-0.4, -0.2) is 65.5 Å². The van der Waals surface area contributed by atoms with Crippen molar-refractivity contribution in [1.29, 1.82) is 0 Å². The van der Waals surface area contributed by atoms with Crippen LogP contribution in [0.25, 0.3) is 0 Å². The van der Waals surface area contributed by atoms with Gasteiger partial charge in [-0.25, -0.2) is 0 Å². The lowest BCUT2D eigenvalue weighted by Gasteiger charge is -2.37. The van der Waals surface area contributed by atoms with E-state index >= 15 is 0 Å². The lowest BCUT2D eigenvalue weighted by Crippen LogP contribution is -2.42. The maximum absolute atomic E-state index is 11.4. The molecule has 2 aliphatic heterocycles. The molecule has 3 aliphatic carbocycles. The molecule has 0 amide bonds. The number of hydrogen-bond acceptors (Lipinski definition) is 7. The summed E-state index contributed by atoms with van der Waals surface area (Å²) in [6.45, 7) is 16.1. The molecule has 0 radical (unpaired) electrons. The van der Waals surface area contributed by atoms with Crippen molar-refractivity contribution in [2.24, 2.45) is 29.6 Å². The highest BCUT2D eigenvalue weighted by Crippen LogP contribution is 2.51. The van der Waals surface area contributed by atoms with Crippen LogP contribution in [0.4, 0.5) is 0 Å². The van der Waals surface area contributed by atoms with Crippen LogP contribution in [0.5, 0.6) is 0 Å². The fraction of sp³-hybridized carbons (Fsp3) is 0.878. The van der Waals surface area contributed by atoms with Crippen molar-refractivity contribution in [3.8, 4) is 0 Å². The second-order valence-corrected chi connectivity index (χ2v) is 22.2. The molecule has 8 atom stereocenters. The summed E-state index contributed by atoms with van der Waals surface area (Å²) in [6, 6.07) is 0. The molecule has 2 saturated heterocycles. The molecule has 7 nitrogen and oxygen atoms in total. The van der Waals surface area contributed by atoms with Crippen LogP contribution in [0.15, 0.2) is 23.8 Å². The van der Waals surface area contributed by atoms with E-state index in [2.05, 4.69) is 52.1 Å². The molecular formula is C41H70O7Si. The Morgan fingerprint density at radius 2 is 1.65 bits per heavy atom. The summed E-state index contributed by atoms with van der Waals surface area (Å²) >= 11 is 0.